The van der Waals surface area contributed by atoms with Gasteiger partial charge in [-0.05, 0) is 12.1 Å². The van der Waals surface area contributed by atoms with Crippen molar-refractivity contribution in [1.29, 1.82) is 0 Å². The van der Waals surface area contributed by atoms with Crippen molar-refractivity contribution in [3.8, 4) is 0 Å². The van der Waals surface area contributed by atoms with Gasteiger partial charge in [-0.3, -0.25) is 9.78 Å². The molecule has 16 heavy (non-hydrogen) atoms. The molecule has 0 aromatic carbocycles. The molecule has 0 spiro atoms. The molecule has 4 nitrogen and oxygen atoms in total. The van der Waals surface area contributed by atoms with Gasteiger partial charge in [0.1, 0.15) is 6.29 Å². The van der Waals surface area contributed by atoms with E-state index in [0.717, 1.165) is 6.29 Å². The van der Waals surface area contributed by atoms with Crippen LogP contribution >= 0.6 is 11.6 Å². The Labute approximate surface area is 98.5 Å². The van der Waals surface area contributed by atoms with Crippen LogP contribution < -0.4 is 0 Å². The average Bonchev–Trinajstić information content (AvgIpc) is 2.71. The van der Waals surface area contributed by atoms with E-state index in [-0.39, 0.29) is 0 Å². The van der Waals surface area contributed by atoms with Gasteiger partial charge in [-0.1, -0.05) is 11.6 Å². The van der Waals surface area contributed by atoms with Gasteiger partial charge < -0.3 is 9.47 Å². The van der Waals surface area contributed by atoms with Crippen molar-refractivity contribution in [2.45, 2.75) is 17.6 Å². The molecule has 0 bridgehead atoms. The Balaban J connectivity index is 2.43. The SMILES string of the molecule is COC1(c2cc(C=O)ccn2)CCOC1Cl. The lowest BCUT2D eigenvalue weighted by Crippen LogP contribution is -2.35. The van der Waals surface area contributed by atoms with E-state index < -0.39 is 11.2 Å². The van der Waals surface area contributed by atoms with Crippen molar-refractivity contribution < 1.29 is 14.3 Å². The number of aldehydes is 1. The highest BCUT2D eigenvalue weighted by Crippen LogP contribution is 2.40. The van der Waals surface area contributed by atoms with Crippen LogP contribution in [0.2, 0.25) is 0 Å². The molecule has 1 aromatic heterocycles. The van der Waals surface area contributed by atoms with Crippen LogP contribution in [0.25, 0.3) is 0 Å². The highest BCUT2D eigenvalue weighted by atomic mass is 35.5. The van der Waals surface area contributed by atoms with Gasteiger partial charge in [-0.25, -0.2) is 0 Å². The van der Waals surface area contributed by atoms with Crippen molar-refractivity contribution in [2.75, 3.05) is 13.7 Å². The second-order valence-corrected chi connectivity index (χ2v) is 4.02. The third-order valence-corrected chi connectivity index (χ3v) is 3.30. The van der Waals surface area contributed by atoms with E-state index in [9.17, 15) is 4.79 Å². The number of carbonyl (C=O) groups excluding carboxylic acids is 1. The molecular weight excluding hydrogens is 230 g/mol. The first-order valence-corrected chi connectivity index (χ1v) is 5.39. The standard InChI is InChI=1S/C11H12ClNO3/c1-15-11(3-5-16-10(11)12)9-6-8(7-14)2-4-13-9/h2,4,6-7,10H,3,5H2,1H3. The fourth-order valence-electron chi connectivity index (χ4n) is 1.86. The molecule has 1 aliphatic heterocycles. The molecule has 0 N–H and O–H groups in total. The zero-order chi connectivity index (χ0) is 11.6. The van der Waals surface area contributed by atoms with E-state index in [1.165, 1.54) is 0 Å². The Morgan fingerprint density at radius 3 is 3.12 bits per heavy atom. The lowest BCUT2D eigenvalue weighted by molar-refractivity contribution is -0.0422. The zero-order valence-corrected chi connectivity index (χ0v) is 9.61. The Morgan fingerprint density at radius 1 is 1.75 bits per heavy atom. The van der Waals surface area contributed by atoms with E-state index in [2.05, 4.69) is 4.98 Å². The fourth-order valence-corrected chi connectivity index (χ4v) is 2.26. The van der Waals surface area contributed by atoms with Gasteiger partial charge in [0.15, 0.2) is 11.2 Å². The van der Waals surface area contributed by atoms with Crippen LogP contribution in [-0.4, -0.2) is 30.5 Å². The van der Waals surface area contributed by atoms with Crippen molar-refractivity contribution >= 4 is 17.9 Å². The van der Waals surface area contributed by atoms with Crippen LogP contribution in [0.15, 0.2) is 18.3 Å². The largest absolute Gasteiger partial charge is 0.368 e. The minimum absolute atomic E-state index is 0.523. The summed E-state index contributed by atoms with van der Waals surface area (Å²) in [5.41, 5.74) is -0.137. The zero-order valence-electron chi connectivity index (χ0n) is 8.85. The number of rotatable bonds is 3. The normalized spacial score (nSPS) is 29.2. The summed E-state index contributed by atoms with van der Waals surface area (Å²) in [7, 11) is 1.57. The summed E-state index contributed by atoms with van der Waals surface area (Å²) in [6.07, 6.45) is 2.97. The molecule has 2 heterocycles. The minimum Gasteiger partial charge on any atom is -0.368 e. The van der Waals surface area contributed by atoms with Gasteiger partial charge in [-0.2, -0.15) is 0 Å². The predicted octanol–water partition coefficient (Wildman–Crippen LogP) is 1.72. The van der Waals surface area contributed by atoms with E-state index in [4.69, 9.17) is 21.1 Å². The third kappa shape index (κ3) is 1.73. The molecule has 0 saturated carbocycles. The highest BCUT2D eigenvalue weighted by molar-refractivity contribution is 6.20. The van der Waals surface area contributed by atoms with E-state index >= 15 is 0 Å². The number of hydrogen-bond donors (Lipinski definition) is 0. The number of carbonyl (C=O) groups is 1. The number of methoxy groups -OCH3 is 1. The van der Waals surface area contributed by atoms with E-state index in [0.29, 0.717) is 24.3 Å². The summed E-state index contributed by atoms with van der Waals surface area (Å²) in [5.74, 6) is 0. The number of ether oxygens (including phenoxy) is 2. The molecule has 0 amide bonds. The number of pyridine rings is 1. The Hall–Kier alpha value is -0.970. The van der Waals surface area contributed by atoms with Gasteiger partial charge >= 0.3 is 0 Å². The molecule has 2 unspecified atom stereocenters. The lowest BCUT2D eigenvalue weighted by atomic mass is 9.96. The number of halogens is 1. The molecule has 1 aliphatic rings. The van der Waals surface area contributed by atoms with Gasteiger partial charge in [0.2, 0.25) is 0 Å². The summed E-state index contributed by atoms with van der Waals surface area (Å²) < 4.78 is 10.8. The van der Waals surface area contributed by atoms with Crippen LogP contribution in [0, 0.1) is 0 Å². The molecule has 1 saturated heterocycles. The minimum atomic E-state index is -0.749. The van der Waals surface area contributed by atoms with E-state index in [1.807, 2.05) is 0 Å². The first-order valence-electron chi connectivity index (χ1n) is 4.95. The van der Waals surface area contributed by atoms with Gasteiger partial charge in [0, 0.05) is 25.3 Å². The molecule has 0 aliphatic carbocycles. The first kappa shape index (κ1) is 11.5. The van der Waals surface area contributed by atoms with Crippen molar-refractivity contribution in [1.82, 2.24) is 4.98 Å². The summed E-state index contributed by atoms with van der Waals surface area (Å²) in [5, 5.41) is 0. The van der Waals surface area contributed by atoms with Gasteiger partial charge in [0.25, 0.3) is 0 Å². The molecule has 86 valence electrons. The summed E-state index contributed by atoms with van der Waals surface area (Å²) in [6, 6.07) is 3.32. The summed E-state index contributed by atoms with van der Waals surface area (Å²) in [4.78, 5) is 14.9. The molecule has 1 fully saturated rings. The van der Waals surface area contributed by atoms with Crippen LogP contribution in [0.4, 0.5) is 0 Å². The maximum absolute atomic E-state index is 10.7. The van der Waals surface area contributed by atoms with Crippen LogP contribution in [0.1, 0.15) is 22.5 Å². The molecule has 1 aromatic rings. The Kier molecular flexibility index (Phi) is 3.23. The molecule has 2 rings (SSSR count). The molecule has 2 atom stereocenters. The molecular formula is C11H12ClNO3. The Bertz CT molecular complexity index is 399. The fraction of sp³-hybridized carbons (Fsp3) is 0.455. The van der Waals surface area contributed by atoms with Crippen LogP contribution in [0.3, 0.4) is 0 Å². The van der Waals surface area contributed by atoms with Crippen molar-refractivity contribution in [2.24, 2.45) is 0 Å². The highest BCUT2D eigenvalue weighted by Gasteiger charge is 2.46. The summed E-state index contributed by atoms with van der Waals surface area (Å²) in [6.45, 7) is 0.523. The average molecular weight is 242 g/mol. The van der Waals surface area contributed by atoms with Crippen LogP contribution in [-0.2, 0) is 15.1 Å². The maximum atomic E-state index is 10.7. The van der Waals surface area contributed by atoms with Crippen molar-refractivity contribution in [3.63, 3.8) is 0 Å². The molecule has 5 heteroatoms. The predicted molar refractivity (Wildman–Crippen MR) is 58.5 cm³/mol. The second kappa shape index (κ2) is 4.49. The first-order chi connectivity index (χ1) is 7.73. The number of aromatic nitrogens is 1. The number of hydrogen-bond acceptors (Lipinski definition) is 4. The van der Waals surface area contributed by atoms with Crippen LogP contribution in [0.5, 0.6) is 0 Å². The number of alkyl halides is 1. The van der Waals surface area contributed by atoms with E-state index in [1.54, 1.807) is 25.4 Å². The quantitative estimate of drug-likeness (QED) is 0.597. The second-order valence-electron chi connectivity index (χ2n) is 3.62. The molecule has 0 radical (unpaired) electrons. The third-order valence-electron chi connectivity index (χ3n) is 2.82. The smallest absolute Gasteiger partial charge is 0.165 e. The topological polar surface area (TPSA) is 48.4 Å². The van der Waals surface area contributed by atoms with Gasteiger partial charge in [0.05, 0.1) is 12.3 Å². The Morgan fingerprint density at radius 2 is 2.56 bits per heavy atom. The lowest BCUT2D eigenvalue weighted by Gasteiger charge is -2.28. The van der Waals surface area contributed by atoms with Gasteiger partial charge in [-0.15, -0.1) is 0 Å². The van der Waals surface area contributed by atoms with Crippen molar-refractivity contribution in [3.05, 3.63) is 29.6 Å². The number of nitrogens with zero attached hydrogens (tertiary/aromatic N) is 1. The monoisotopic (exact) mass is 241 g/mol. The summed E-state index contributed by atoms with van der Waals surface area (Å²) >= 11 is 6.09. The maximum Gasteiger partial charge on any atom is 0.165 e.